The molecule has 0 spiro atoms. The monoisotopic (exact) mass is 378 g/mol. The number of benzene rings is 2. The number of hydrogen-bond acceptors (Lipinski definition) is 3. The second kappa shape index (κ2) is 8.13. The largest absolute Gasteiger partial charge is 0.495 e. The van der Waals surface area contributed by atoms with Crippen LogP contribution < -0.4 is 20.3 Å². The number of nitrogens with one attached hydrogen (secondary N) is 2. The quantitative estimate of drug-likeness (QED) is 0.619. The van der Waals surface area contributed by atoms with Gasteiger partial charge in [-0.15, -0.1) is 0 Å². The zero-order valence-corrected chi connectivity index (χ0v) is 17.0. The van der Waals surface area contributed by atoms with E-state index in [2.05, 4.69) is 63.8 Å². The summed E-state index contributed by atoms with van der Waals surface area (Å²) in [6.07, 6.45) is 2.26. The van der Waals surface area contributed by atoms with Crippen molar-refractivity contribution < 1.29 is 4.74 Å². The van der Waals surface area contributed by atoms with E-state index in [0.717, 1.165) is 31.2 Å². The lowest BCUT2D eigenvalue weighted by atomic mass is 10.0. The summed E-state index contributed by atoms with van der Waals surface area (Å²) in [5, 5.41) is 7.23. The van der Waals surface area contributed by atoms with Crippen LogP contribution in [-0.4, -0.2) is 45.3 Å². The van der Waals surface area contributed by atoms with Crippen LogP contribution in [0.2, 0.25) is 0 Å². The van der Waals surface area contributed by atoms with Gasteiger partial charge in [-0.05, 0) is 43.0 Å². The first-order valence-corrected chi connectivity index (χ1v) is 10.1. The first kappa shape index (κ1) is 18.7. The normalized spacial score (nSPS) is 24.2. The molecule has 3 unspecified atom stereocenters. The highest BCUT2D eigenvalue weighted by molar-refractivity contribution is 5.81. The van der Waals surface area contributed by atoms with Crippen LogP contribution in [0.5, 0.6) is 5.75 Å². The summed E-state index contributed by atoms with van der Waals surface area (Å²) in [5.74, 6) is 2.44. The molecule has 2 aliphatic rings. The van der Waals surface area contributed by atoms with Crippen LogP contribution in [0.1, 0.15) is 29.9 Å². The Balaban J connectivity index is 1.32. The van der Waals surface area contributed by atoms with Gasteiger partial charge in [-0.2, -0.15) is 0 Å². The third-order valence-corrected chi connectivity index (χ3v) is 5.88. The Morgan fingerprint density at radius 2 is 1.89 bits per heavy atom. The van der Waals surface area contributed by atoms with Gasteiger partial charge < -0.3 is 20.3 Å². The van der Waals surface area contributed by atoms with Crippen molar-refractivity contribution in [2.45, 2.75) is 37.8 Å². The fourth-order valence-electron chi connectivity index (χ4n) is 4.23. The topological polar surface area (TPSA) is 48.9 Å². The van der Waals surface area contributed by atoms with Crippen LogP contribution in [0, 0.1) is 6.92 Å². The molecule has 2 fully saturated rings. The lowest BCUT2D eigenvalue weighted by molar-refractivity contribution is 0.415. The summed E-state index contributed by atoms with van der Waals surface area (Å²) in [6, 6.07) is 17.8. The van der Waals surface area contributed by atoms with E-state index < -0.39 is 0 Å². The van der Waals surface area contributed by atoms with E-state index in [0.29, 0.717) is 18.0 Å². The van der Waals surface area contributed by atoms with Crippen molar-refractivity contribution in [2.24, 2.45) is 4.99 Å². The fourth-order valence-corrected chi connectivity index (χ4v) is 4.23. The van der Waals surface area contributed by atoms with Crippen LogP contribution in [0.15, 0.2) is 53.5 Å². The van der Waals surface area contributed by atoms with Crippen LogP contribution in [0.25, 0.3) is 0 Å². The van der Waals surface area contributed by atoms with E-state index in [9.17, 15) is 0 Å². The Hall–Kier alpha value is -2.69. The highest BCUT2D eigenvalue weighted by Crippen LogP contribution is 2.42. The molecule has 0 aromatic heterocycles. The lowest BCUT2D eigenvalue weighted by Crippen LogP contribution is -2.45. The van der Waals surface area contributed by atoms with Crippen LogP contribution in [0.4, 0.5) is 5.69 Å². The zero-order chi connectivity index (χ0) is 19.5. The minimum atomic E-state index is 0.381. The van der Waals surface area contributed by atoms with E-state index in [1.54, 1.807) is 7.11 Å². The second-order valence-electron chi connectivity index (χ2n) is 7.77. The van der Waals surface area contributed by atoms with Crippen LogP contribution in [-0.2, 0) is 0 Å². The van der Waals surface area contributed by atoms with Crippen molar-refractivity contribution in [3.63, 3.8) is 0 Å². The number of rotatable bonds is 5. The molecular formula is C23H30N4O. The van der Waals surface area contributed by atoms with Gasteiger partial charge in [0.2, 0.25) is 0 Å². The smallest absolute Gasteiger partial charge is 0.191 e. The third-order valence-electron chi connectivity index (χ3n) is 5.88. The van der Waals surface area contributed by atoms with E-state index in [4.69, 9.17) is 4.74 Å². The summed E-state index contributed by atoms with van der Waals surface area (Å²) in [5.41, 5.74) is 4.00. The number of para-hydroxylation sites is 2. The van der Waals surface area contributed by atoms with Gasteiger partial charge in [0.05, 0.1) is 12.8 Å². The third kappa shape index (κ3) is 3.93. The minimum Gasteiger partial charge on any atom is -0.495 e. The Morgan fingerprint density at radius 3 is 2.68 bits per heavy atom. The zero-order valence-electron chi connectivity index (χ0n) is 17.0. The van der Waals surface area contributed by atoms with Crippen molar-refractivity contribution in [2.75, 3.05) is 32.1 Å². The Morgan fingerprint density at radius 1 is 1.11 bits per heavy atom. The Bertz CT molecular complexity index is 850. The van der Waals surface area contributed by atoms with Gasteiger partial charge >= 0.3 is 0 Å². The standard InChI is InChI=1S/C23H30N4O/c1-16-8-4-5-9-18(16)19-14-20(19)26-23(24-2)25-17-12-13-27(15-17)21-10-6-7-11-22(21)28-3/h4-11,17,19-20H,12-15H2,1-3H3,(H2,24,25,26). The number of anilines is 1. The number of hydrogen-bond donors (Lipinski definition) is 2. The van der Waals surface area contributed by atoms with Crippen molar-refractivity contribution in [3.05, 3.63) is 59.7 Å². The molecule has 4 rings (SSSR count). The average Bonchev–Trinajstić information content (AvgIpc) is 3.32. The molecule has 1 aliphatic carbocycles. The van der Waals surface area contributed by atoms with Crippen LogP contribution >= 0.6 is 0 Å². The SMILES string of the molecule is CN=C(NC1CCN(c2ccccc2OC)C1)NC1CC1c1ccccc1C. The molecule has 0 bridgehead atoms. The number of nitrogens with zero attached hydrogens (tertiary/aromatic N) is 2. The van der Waals surface area contributed by atoms with Gasteiger partial charge in [-0.25, -0.2) is 0 Å². The molecule has 1 aliphatic heterocycles. The predicted molar refractivity (Wildman–Crippen MR) is 116 cm³/mol. The molecule has 0 amide bonds. The highest BCUT2D eigenvalue weighted by atomic mass is 16.5. The maximum absolute atomic E-state index is 5.52. The summed E-state index contributed by atoms with van der Waals surface area (Å²) in [4.78, 5) is 6.85. The van der Waals surface area contributed by atoms with Gasteiger partial charge in [-0.3, -0.25) is 4.99 Å². The lowest BCUT2D eigenvalue weighted by Gasteiger charge is -2.22. The van der Waals surface area contributed by atoms with Crippen LogP contribution in [0.3, 0.4) is 0 Å². The maximum Gasteiger partial charge on any atom is 0.191 e. The van der Waals surface area contributed by atoms with Crippen molar-refractivity contribution in [1.82, 2.24) is 10.6 Å². The van der Waals surface area contributed by atoms with Gasteiger partial charge in [-0.1, -0.05) is 36.4 Å². The molecule has 2 aromatic carbocycles. The Kier molecular flexibility index (Phi) is 5.42. The summed E-state index contributed by atoms with van der Waals surface area (Å²) >= 11 is 0. The first-order valence-electron chi connectivity index (χ1n) is 10.1. The molecule has 1 saturated heterocycles. The molecule has 5 heteroatoms. The van der Waals surface area contributed by atoms with Crippen molar-refractivity contribution in [1.29, 1.82) is 0 Å². The molecule has 2 N–H and O–H groups in total. The van der Waals surface area contributed by atoms with Crippen molar-refractivity contribution >= 4 is 11.6 Å². The predicted octanol–water partition coefficient (Wildman–Crippen LogP) is 3.30. The number of ether oxygens (including phenoxy) is 1. The summed E-state index contributed by atoms with van der Waals surface area (Å²) in [6.45, 7) is 4.17. The van der Waals surface area contributed by atoms with Gasteiger partial charge in [0.25, 0.3) is 0 Å². The highest BCUT2D eigenvalue weighted by Gasteiger charge is 2.40. The Labute approximate surface area is 167 Å². The van der Waals surface area contributed by atoms with E-state index >= 15 is 0 Å². The van der Waals surface area contributed by atoms with Gasteiger partial charge in [0.1, 0.15) is 5.75 Å². The molecule has 148 valence electrons. The number of guanidine groups is 1. The minimum absolute atomic E-state index is 0.381. The van der Waals surface area contributed by atoms with Gasteiger partial charge in [0, 0.05) is 38.1 Å². The first-order chi connectivity index (χ1) is 13.7. The maximum atomic E-state index is 5.52. The molecule has 2 aromatic rings. The van der Waals surface area contributed by atoms with E-state index in [-0.39, 0.29) is 0 Å². The summed E-state index contributed by atoms with van der Waals surface area (Å²) in [7, 11) is 3.59. The number of methoxy groups -OCH3 is 1. The molecule has 5 nitrogen and oxygen atoms in total. The summed E-state index contributed by atoms with van der Waals surface area (Å²) < 4.78 is 5.52. The molecule has 1 saturated carbocycles. The molecule has 3 atom stereocenters. The van der Waals surface area contributed by atoms with Crippen molar-refractivity contribution in [3.8, 4) is 5.75 Å². The number of aliphatic imine (C=N–C) groups is 1. The molecule has 1 heterocycles. The van der Waals surface area contributed by atoms with E-state index in [1.165, 1.54) is 23.2 Å². The second-order valence-corrected chi connectivity index (χ2v) is 7.77. The molecule has 28 heavy (non-hydrogen) atoms. The van der Waals surface area contributed by atoms with E-state index in [1.807, 2.05) is 19.2 Å². The molecular weight excluding hydrogens is 348 g/mol. The number of aryl methyl sites for hydroxylation is 1. The average molecular weight is 379 g/mol. The fraction of sp³-hybridized carbons (Fsp3) is 0.435. The van der Waals surface area contributed by atoms with Gasteiger partial charge in [0.15, 0.2) is 5.96 Å². The molecule has 0 radical (unpaired) electrons.